The Labute approximate surface area is 128 Å². The fraction of sp³-hybridized carbons (Fsp3) is 0. The van der Waals surface area contributed by atoms with Crippen molar-refractivity contribution < 1.29 is 12.8 Å². The van der Waals surface area contributed by atoms with Crippen LogP contribution in [0.4, 0.5) is 15.8 Å². The second kappa shape index (κ2) is 5.59. The number of nitrogen functional groups attached to an aromatic ring is 1. The zero-order valence-corrected chi connectivity index (χ0v) is 13.1. The summed E-state index contributed by atoms with van der Waals surface area (Å²) in [6.07, 6.45) is 0. The molecule has 0 radical (unpaired) electrons. The topological polar surface area (TPSA) is 72.2 Å². The fourth-order valence-corrected chi connectivity index (χ4v) is 3.42. The number of hydrogen-bond acceptors (Lipinski definition) is 3. The summed E-state index contributed by atoms with van der Waals surface area (Å²) in [6, 6.07) is 8.28. The molecular formula is C12H9BrClFN2O2S. The standard InChI is InChI=1S/C12H9BrClFN2O2S/c13-11-7(14)3-1-5-9(11)17-20(18,19)10-6-2-4-8(15)12(10)16/h1-6,17H,16H2. The van der Waals surface area contributed by atoms with Gasteiger partial charge in [0, 0.05) is 0 Å². The minimum Gasteiger partial charge on any atom is -0.395 e. The van der Waals surface area contributed by atoms with Gasteiger partial charge in [0.05, 0.1) is 20.9 Å². The highest BCUT2D eigenvalue weighted by Gasteiger charge is 2.20. The summed E-state index contributed by atoms with van der Waals surface area (Å²) in [7, 11) is -4.01. The van der Waals surface area contributed by atoms with E-state index in [1.165, 1.54) is 18.2 Å². The van der Waals surface area contributed by atoms with Gasteiger partial charge in [0.25, 0.3) is 10.0 Å². The van der Waals surface area contributed by atoms with Crippen LogP contribution in [0.3, 0.4) is 0 Å². The van der Waals surface area contributed by atoms with Crippen LogP contribution in [0.5, 0.6) is 0 Å². The number of nitrogens with one attached hydrogen (secondary N) is 1. The van der Waals surface area contributed by atoms with Crippen molar-refractivity contribution >= 4 is 48.9 Å². The highest BCUT2D eigenvalue weighted by atomic mass is 79.9. The predicted molar refractivity (Wildman–Crippen MR) is 80.8 cm³/mol. The van der Waals surface area contributed by atoms with E-state index in [2.05, 4.69) is 20.7 Å². The molecule has 0 aliphatic carbocycles. The highest BCUT2D eigenvalue weighted by Crippen LogP contribution is 2.32. The van der Waals surface area contributed by atoms with Gasteiger partial charge in [0.1, 0.15) is 10.7 Å². The smallest absolute Gasteiger partial charge is 0.264 e. The van der Waals surface area contributed by atoms with Gasteiger partial charge < -0.3 is 5.73 Å². The van der Waals surface area contributed by atoms with Gasteiger partial charge in [-0.05, 0) is 40.2 Å². The average molecular weight is 380 g/mol. The molecule has 0 unspecified atom stereocenters. The Morgan fingerprint density at radius 2 is 1.85 bits per heavy atom. The van der Waals surface area contributed by atoms with E-state index < -0.39 is 21.5 Å². The van der Waals surface area contributed by atoms with Crippen LogP contribution in [0.25, 0.3) is 0 Å². The Morgan fingerprint density at radius 3 is 2.55 bits per heavy atom. The van der Waals surface area contributed by atoms with Crippen LogP contribution in [0.2, 0.25) is 5.02 Å². The van der Waals surface area contributed by atoms with Crippen molar-refractivity contribution in [2.24, 2.45) is 0 Å². The number of nitrogens with two attached hydrogens (primary N) is 1. The Morgan fingerprint density at radius 1 is 1.20 bits per heavy atom. The lowest BCUT2D eigenvalue weighted by molar-refractivity contribution is 0.597. The van der Waals surface area contributed by atoms with Crippen LogP contribution >= 0.6 is 27.5 Å². The molecule has 3 N–H and O–H groups in total. The molecule has 0 atom stereocenters. The van der Waals surface area contributed by atoms with Gasteiger partial charge in [-0.15, -0.1) is 0 Å². The zero-order valence-electron chi connectivity index (χ0n) is 9.90. The molecule has 20 heavy (non-hydrogen) atoms. The number of para-hydroxylation sites is 1. The number of sulfonamides is 1. The number of rotatable bonds is 3. The quantitative estimate of drug-likeness (QED) is 0.800. The summed E-state index contributed by atoms with van der Waals surface area (Å²) in [4.78, 5) is -0.329. The second-order valence-electron chi connectivity index (χ2n) is 3.86. The first-order valence-electron chi connectivity index (χ1n) is 5.34. The van der Waals surface area contributed by atoms with Gasteiger partial charge in [-0.3, -0.25) is 4.72 Å². The van der Waals surface area contributed by atoms with Gasteiger partial charge in [-0.25, -0.2) is 12.8 Å². The molecule has 0 aliphatic heterocycles. The van der Waals surface area contributed by atoms with Gasteiger partial charge in [0.2, 0.25) is 0 Å². The Kier molecular flexibility index (Phi) is 4.22. The second-order valence-corrected chi connectivity index (χ2v) is 6.71. The van der Waals surface area contributed by atoms with Crippen LogP contribution in [0.15, 0.2) is 45.8 Å². The van der Waals surface area contributed by atoms with Crippen molar-refractivity contribution in [3.8, 4) is 0 Å². The maximum atomic E-state index is 13.3. The predicted octanol–water partition coefficient (Wildman–Crippen LogP) is 3.62. The van der Waals surface area contributed by atoms with Crippen LogP contribution in [-0.2, 0) is 10.0 Å². The molecule has 0 aromatic heterocycles. The summed E-state index contributed by atoms with van der Waals surface area (Å²) >= 11 is 9.05. The summed E-state index contributed by atoms with van der Waals surface area (Å²) in [5.41, 5.74) is 5.26. The fourth-order valence-electron chi connectivity index (χ4n) is 1.53. The van der Waals surface area contributed by atoms with Gasteiger partial charge in [0.15, 0.2) is 0 Å². The molecular weight excluding hydrogens is 371 g/mol. The van der Waals surface area contributed by atoms with Crippen molar-refractivity contribution in [3.05, 3.63) is 51.7 Å². The summed E-state index contributed by atoms with van der Waals surface area (Å²) in [5.74, 6) is -0.793. The van der Waals surface area contributed by atoms with Gasteiger partial charge in [-0.2, -0.15) is 0 Å². The van der Waals surface area contributed by atoms with Crippen molar-refractivity contribution in [2.45, 2.75) is 4.90 Å². The molecule has 4 nitrogen and oxygen atoms in total. The van der Waals surface area contributed by atoms with E-state index >= 15 is 0 Å². The molecule has 0 saturated carbocycles. The Bertz CT molecular complexity index is 768. The lowest BCUT2D eigenvalue weighted by Crippen LogP contribution is -2.15. The molecule has 0 saturated heterocycles. The lowest BCUT2D eigenvalue weighted by Gasteiger charge is -2.12. The molecule has 0 fully saturated rings. The van der Waals surface area contributed by atoms with Crippen molar-refractivity contribution in [1.29, 1.82) is 0 Å². The normalized spacial score (nSPS) is 11.3. The molecule has 2 aromatic carbocycles. The summed E-state index contributed by atoms with van der Waals surface area (Å²) in [5, 5.41) is 0.345. The number of halogens is 3. The van der Waals surface area contributed by atoms with E-state index in [0.29, 0.717) is 9.50 Å². The maximum Gasteiger partial charge on any atom is 0.264 e. The monoisotopic (exact) mass is 378 g/mol. The first-order valence-corrected chi connectivity index (χ1v) is 7.99. The zero-order chi connectivity index (χ0) is 14.9. The van der Waals surface area contributed by atoms with E-state index in [4.69, 9.17) is 17.3 Å². The first-order chi connectivity index (χ1) is 9.33. The third-order valence-electron chi connectivity index (χ3n) is 2.50. The van der Waals surface area contributed by atoms with Crippen molar-refractivity contribution in [2.75, 3.05) is 10.5 Å². The number of hydrogen-bond donors (Lipinski definition) is 2. The molecule has 0 heterocycles. The van der Waals surface area contributed by atoms with Crippen LogP contribution < -0.4 is 10.5 Å². The maximum absolute atomic E-state index is 13.3. The Hall–Kier alpha value is -1.31. The third kappa shape index (κ3) is 2.89. The van der Waals surface area contributed by atoms with Crippen molar-refractivity contribution in [1.82, 2.24) is 0 Å². The first kappa shape index (κ1) is 15.1. The van der Waals surface area contributed by atoms with E-state index in [1.54, 1.807) is 12.1 Å². The molecule has 0 bridgehead atoms. The lowest BCUT2D eigenvalue weighted by atomic mass is 10.3. The molecule has 2 aromatic rings. The van der Waals surface area contributed by atoms with E-state index in [0.717, 1.165) is 6.07 Å². The minimum absolute atomic E-state index is 0.237. The third-order valence-corrected chi connectivity index (χ3v) is 5.32. The van der Waals surface area contributed by atoms with Gasteiger partial charge in [-0.1, -0.05) is 23.7 Å². The van der Waals surface area contributed by atoms with Gasteiger partial charge >= 0.3 is 0 Å². The summed E-state index contributed by atoms with van der Waals surface area (Å²) < 4.78 is 40.5. The molecule has 2 rings (SSSR count). The van der Waals surface area contributed by atoms with Crippen LogP contribution in [-0.4, -0.2) is 8.42 Å². The number of anilines is 2. The van der Waals surface area contributed by atoms with Crippen LogP contribution in [0.1, 0.15) is 0 Å². The van der Waals surface area contributed by atoms with Crippen molar-refractivity contribution in [3.63, 3.8) is 0 Å². The molecule has 0 aliphatic rings. The van der Waals surface area contributed by atoms with E-state index in [-0.39, 0.29) is 10.6 Å². The van der Waals surface area contributed by atoms with E-state index in [1.807, 2.05) is 0 Å². The SMILES string of the molecule is Nc1c(F)cccc1S(=O)(=O)Nc1cccc(Cl)c1Br. The molecule has 106 valence electrons. The molecule has 0 amide bonds. The number of benzene rings is 2. The molecule has 8 heteroatoms. The largest absolute Gasteiger partial charge is 0.395 e. The molecule has 0 spiro atoms. The van der Waals surface area contributed by atoms with Crippen LogP contribution in [0, 0.1) is 5.82 Å². The van der Waals surface area contributed by atoms with E-state index in [9.17, 15) is 12.8 Å². The Balaban J connectivity index is 2.47. The minimum atomic E-state index is -4.01. The highest BCUT2D eigenvalue weighted by molar-refractivity contribution is 9.10. The average Bonchev–Trinajstić information content (AvgIpc) is 2.38. The summed E-state index contributed by atoms with van der Waals surface area (Å²) in [6.45, 7) is 0.